The van der Waals surface area contributed by atoms with Gasteiger partial charge in [0.25, 0.3) is 0 Å². The Kier molecular flexibility index (Phi) is 9.07. The first-order valence-corrected chi connectivity index (χ1v) is 10.3. The molecule has 0 aromatic carbocycles. The van der Waals surface area contributed by atoms with Crippen LogP contribution in [0.5, 0.6) is 0 Å². The zero-order valence-electron chi connectivity index (χ0n) is 15.5. The van der Waals surface area contributed by atoms with E-state index < -0.39 is 0 Å². The number of ether oxygens (including phenoxy) is 2. The lowest BCUT2D eigenvalue weighted by molar-refractivity contribution is -0.0121. The summed E-state index contributed by atoms with van der Waals surface area (Å²) in [5, 5.41) is 3.66. The second-order valence-electron chi connectivity index (χ2n) is 7.14. The fraction of sp³-hybridized carbons (Fsp3) is 0.941. The number of halogens is 1. The number of nitrogens with one attached hydrogen (secondary N) is 1. The van der Waals surface area contributed by atoms with Crippen LogP contribution >= 0.6 is 35.7 Å². The first-order chi connectivity index (χ1) is 11.7. The molecule has 25 heavy (non-hydrogen) atoms. The molecule has 3 fully saturated rings. The molecule has 2 unspecified atom stereocenters. The summed E-state index contributed by atoms with van der Waals surface area (Å²) in [5.74, 6) is 4.10. The molecule has 0 saturated carbocycles. The van der Waals surface area contributed by atoms with Crippen LogP contribution in [0.15, 0.2) is 4.99 Å². The number of nitrogens with zero attached hydrogens (tertiary/aromatic N) is 3. The van der Waals surface area contributed by atoms with Crippen molar-refractivity contribution in [3.05, 3.63) is 0 Å². The lowest BCUT2D eigenvalue weighted by Crippen LogP contribution is -2.60. The van der Waals surface area contributed by atoms with Gasteiger partial charge in [0.2, 0.25) is 0 Å². The van der Waals surface area contributed by atoms with Crippen molar-refractivity contribution in [1.82, 2.24) is 15.1 Å². The summed E-state index contributed by atoms with van der Waals surface area (Å²) in [6.45, 7) is 7.60. The van der Waals surface area contributed by atoms with Gasteiger partial charge >= 0.3 is 0 Å². The zero-order chi connectivity index (χ0) is 16.8. The molecule has 1 N–H and O–H groups in total. The lowest BCUT2D eigenvalue weighted by atomic mass is 9.95. The average molecular weight is 484 g/mol. The van der Waals surface area contributed by atoms with Crippen molar-refractivity contribution in [3.63, 3.8) is 0 Å². The maximum atomic E-state index is 5.55. The molecule has 0 radical (unpaired) electrons. The summed E-state index contributed by atoms with van der Waals surface area (Å²) in [6, 6.07) is 0. The molecule has 6 nitrogen and oxygen atoms in total. The minimum absolute atomic E-state index is 0. The van der Waals surface area contributed by atoms with E-state index in [1.165, 1.54) is 17.9 Å². The van der Waals surface area contributed by atoms with Crippen LogP contribution in [0.25, 0.3) is 0 Å². The molecular weight excluding hydrogens is 451 g/mol. The minimum atomic E-state index is 0. The van der Waals surface area contributed by atoms with Gasteiger partial charge in [-0.15, -0.1) is 24.0 Å². The SMILES string of the molecule is CN=C(NCC1(N2CCOCC2)CCSC1)N(C)CC1CCOC1.I. The third-order valence-corrected chi connectivity index (χ3v) is 6.70. The summed E-state index contributed by atoms with van der Waals surface area (Å²) >= 11 is 2.08. The van der Waals surface area contributed by atoms with Gasteiger partial charge in [-0.2, -0.15) is 11.8 Å². The maximum Gasteiger partial charge on any atom is 0.193 e. The number of rotatable bonds is 5. The van der Waals surface area contributed by atoms with Crippen molar-refractivity contribution in [2.75, 3.05) is 78.2 Å². The van der Waals surface area contributed by atoms with Crippen LogP contribution in [0.3, 0.4) is 0 Å². The normalized spacial score (nSPS) is 31.0. The molecule has 2 atom stereocenters. The van der Waals surface area contributed by atoms with Crippen LogP contribution in [-0.4, -0.2) is 99.5 Å². The highest BCUT2D eigenvalue weighted by Crippen LogP contribution is 2.33. The summed E-state index contributed by atoms with van der Waals surface area (Å²) in [5.41, 5.74) is 0.252. The van der Waals surface area contributed by atoms with E-state index in [0.717, 1.165) is 65.0 Å². The van der Waals surface area contributed by atoms with Gasteiger partial charge in [-0.05, 0) is 18.6 Å². The topological polar surface area (TPSA) is 49.3 Å². The molecule has 0 bridgehead atoms. The summed E-state index contributed by atoms with van der Waals surface area (Å²) in [4.78, 5) is 9.41. The van der Waals surface area contributed by atoms with Crippen molar-refractivity contribution < 1.29 is 9.47 Å². The molecule has 0 amide bonds. The predicted octanol–water partition coefficient (Wildman–Crippen LogP) is 1.36. The summed E-state index contributed by atoms with van der Waals surface area (Å²) in [6.07, 6.45) is 2.41. The van der Waals surface area contributed by atoms with Crippen LogP contribution in [-0.2, 0) is 9.47 Å². The molecule has 8 heteroatoms. The second kappa shape index (κ2) is 10.5. The maximum absolute atomic E-state index is 5.55. The van der Waals surface area contributed by atoms with E-state index >= 15 is 0 Å². The van der Waals surface area contributed by atoms with Crippen molar-refractivity contribution >= 4 is 41.7 Å². The van der Waals surface area contributed by atoms with Crippen molar-refractivity contribution in [2.24, 2.45) is 10.9 Å². The van der Waals surface area contributed by atoms with Gasteiger partial charge in [0.15, 0.2) is 5.96 Å². The van der Waals surface area contributed by atoms with Gasteiger partial charge in [0.05, 0.1) is 19.8 Å². The molecule has 0 aromatic rings. The fourth-order valence-electron chi connectivity index (χ4n) is 3.96. The van der Waals surface area contributed by atoms with E-state index in [9.17, 15) is 0 Å². The number of hydrogen-bond donors (Lipinski definition) is 1. The number of hydrogen-bond acceptors (Lipinski definition) is 5. The largest absolute Gasteiger partial charge is 0.381 e. The molecular formula is C17H33IN4O2S. The number of morpholine rings is 1. The van der Waals surface area contributed by atoms with Crippen molar-refractivity contribution in [1.29, 1.82) is 0 Å². The van der Waals surface area contributed by atoms with Gasteiger partial charge < -0.3 is 19.7 Å². The highest BCUT2D eigenvalue weighted by Gasteiger charge is 2.40. The minimum Gasteiger partial charge on any atom is -0.381 e. The standard InChI is InChI=1S/C17H32N4O2S.HI/c1-18-16(20(2)11-15-3-7-23-12-15)19-13-17(4-10-24-14-17)21-5-8-22-9-6-21;/h15H,3-14H2,1-2H3,(H,18,19);1H. The van der Waals surface area contributed by atoms with Gasteiger partial charge in [-0.25, -0.2) is 0 Å². The first-order valence-electron chi connectivity index (χ1n) is 9.13. The highest BCUT2D eigenvalue weighted by atomic mass is 127. The van der Waals surface area contributed by atoms with E-state index in [4.69, 9.17) is 9.47 Å². The van der Waals surface area contributed by atoms with Crippen LogP contribution in [0.2, 0.25) is 0 Å². The molecule has 3 heterocycles. The smallest absolute Gasteiger partial charge is 0.193 e. The lowest BCUT2D eigenvalue weighted by Gasteiger charge is -2.43. The van der Waals surface area contributed by atoms with Gasteiger partial charge in [0.1, 0.15) is 0 Å². The van der Waals surface area contributed by atoms with Gasteiger partial charge in [-0.3, -0.25) is 9.89 Å². The third-order valence-electron chi connectivity index (χ3n) is 5.47. The van der Waals surface area contributed by atoms with Crippen LogP contribution < -0.4 is 5.32 Å². The number of guanidine groups is 1. The van der Waals surface area contributed by atoms with E-state index in [0.29, 0.717) is 5.92 Å². The van der Waals surface area contributed by atoms with Gasteiger partial charge in [-0.1, -0.05) is 0 Å². The Hall–Kier alpha value is 0.230. The Balaban J connectivity index is 0.00000225. The molecule has 3 aliphatic rings. The van der Waals surface area contributed by atoms with Crippen molar-refractivity contribution in [2.45, 2.75) is 18.4 Å². The molecule has 3 rings (SSSR count). The molecule has 146 valence electrons. The van der Waals surface area contributed by atoms with Crippen LogP contribution in [0.1, 0.15) is 12.8 Å². The van der Waals surface area contributed by atoms with E-state index in [-0.39, 0.29) is 29.5 Å². The Bertz CT molecular complexity index is 423. The van der Waals surface area contributed by atoms with E-state index in [1.807, 2.05) is 7.05 Å². The summed E-state index contributed by atoms with van der Waals surface area (Å²) < 4.78 is 11.1. The Morgan fingerprint density at radius 1 is 1.32 bits per heavy atom. The van der Waals surface area contributed by atoms with E-state index in [1.54, 1.807) is 0 Å². The zero-order valence-corrected chi connectivity index (χ0v) is 18.7. The number of aliphatic imine (C=N–C) groups is 1. The third kappa shape index (κ3) is 5.60. The van der Waals surface area contributed by atoms with Crippen LogP contribution in [0.4, 0.5) is 0 Å². The van der Waals surface area contributed by atoms with Crippen LogP contribution in [0, 0.1) is 5.92 Å². The quantitative estimate of drug-likeness (QED) is 0.362. The summed E-state index contributed by atoms with van der Waals surface area (Å²) in [7, 11) is 4.02. The molecule has 0 spiro atoms. The second-order valence-corrected chi connectivity index (χ2v) is 8.24. The highest BCUT2D eigenvalue weighted by molar-refractivity contribution is 14.0. The van der Waals surface area contributed by atoms with E-state index in [2.05, 4.69) is 38.9 Å². The Labute approximate surface area is 173 Å². The Morgan fingerprint density at radius 3 is 2.72 bits per heavy atom. The first kappa shape index (κ1) is 21.5. The van der Waals surface area contributed by atoms with Gasteiger partial charge in [0, 0.05) is 64.1 Å². The molecule has 0 aromatic heterocycles. The predicted molar refractivity (Wildman–Crippen MR) is 115 cm³/mol. The fourth-order valence-corrected chi connectivity index (χ4v) is 5.44. The molecule has 3 aliphatic heterocycles. The monoisotopic (exact) mass is 484 g/mol. The Morgan fingerprint density at radius 2 is 2.12 bits per heavy atom. The molecule has 3 saturated heterocycles. The number of thioether (sulfide) groups is 1. The molecule has 0 aliphatic carbocycles. The van der Waals surface area contributed by atoms with Crippen molar-refractivity contribution in [3.8, 4) is 0 Å². The average Bonchev–Trinajstić information content (AvgIpc) is 3.29.